The zero-order chi connectivity index (χ0) is 21.3. The quantitative estimate of drug-likeness (QED) is 0.646. The number of halogens is 1. The number of hydrogen-bond acceptors (Lipinski definition) is 5. The molecule has 0 saturated carbocycles. The van der Waals surface area contributed by atoms with Gasteiger partial charge in [0.05, 0.1) is 11.7 Å². The molecule has 1 saturated heterocycles. The number of methoxy groups -OCH3 is 1. The second-order valence-electron chi connectivity index (χ2n) is 7.20. The van der Waals surface area contributed by atoms with E-state index in [-0.39, 0.29) is 12.5 Å². The Bertz CT molecular complexity index is 1080. The Balaban J connectivity index is 1.64. The molecule has 8 nitrogen and oxygen atoms in total. The van der Waals surface area contributed by atoms with Gasteiger partial charge in [0.2, 0.25) is 0 Å². The highest BCUT2D eigenvalue weighted by atomic mass is 19.1. The van der Waals surface area contributed by atoms with E-state index in [2.05, 4.69) is 10.00 Å². The van der Waals surface area contributed by atoms with Crippen LogP contribution in [0.5, 0.6) is 5.75 Å². The van der Waals surface area contributed by atoms with E-state index in [1.807, 2.05) is 25.1 Å². The van der Waals surface area contributed by atoms with Crippen LogP contribution in [0.3, 0.4) is 0 Å². The van der Waals surface area contributed by atoms with E-state index in [1.54, 1.807) is 23.0 Å². The number of piperazine rings is 1. The second-order valence-corrected chi connectivity index (χ2v) is 7.20. The molecule has 30 heavy (non-hydrogen) atoms. The molecule has 0 aliphatic carbocycles. The van der Waals surface area contributed by atoms with Crippen molar-refractivity contribution in [3.8, 4) is 11.4 Å². The monoisotopic (exact) mass is 414 g/mol. The fourth-order valence-corrected chi connectivity index (χ4v) is 3.66. The highest BCUT2D eigenvalue weighted by Crippen LogP contribution is 2.30. The molecule has 1 amide bonds. The largest absolute Gasteiger partial charge is 0.465 e. The Morgan fingerprint density at radius 3 is 2.67 bits per heavy atom. The average Bonchev–Trinajstić information content (AvgIpc) is 3.17. The van der Waals surface area contributed by atoms with Crippen molar-refractivity contribution in [1.82, 2.24) is 14.7 Å². The molecule has 1 aliphatic rings. The van der Waals surface area contributed by atoms with Gasteiger partial charge in [0.1, 0.15) is 5.69 Å². The van der Waals surface area contributed by atoms with Crippen LogP contribution < -0.4 is 9.64 Å². The summed E-state index contributed by atoms with van der Waals surface area (Å²) in [6, 6.07) is 9.19. The topological polar surface area (TPSA) is 80.1 Å². The SMILES string of the molecule is COCOc1cc(C)cc(-n2ncc3cc(N4CCN(C(=O)O)CC4)ccc32)c1F. The minimum Gasteiger partial charge on any atom is -0.465 e. The lowest BCUT2D eigenvalue weighted by molar-refractivity contribution is 0.0482. The molecule has 1 N–H and O–H groups in total. The molecule has 2 aromatic carbocycles. The fourth-order valence-electron chi connectivity index (χ4n) is 3.66. The van der Waals surface area contributed by atoms with Crippen LogP contribution in [0.1, 0.15) is 5.56 Å². The Morgan fingerprint density at radius 1 is 1.20 bits per heavy atom. The molecule has 3 aromatic rings. The molecular formula is C21H23FN4O4. The maximum absolute atomic E-state index is 15.0. The van der Waals surface area contributed by atoms with E-state index in [4.69, 9.17) is 14.6 Å². The number of anilines is 1. The lowest BCUT2D eigenvalue weighted by Gasteiger charge is -2.34. The van der Waals surface area contributed by atoms with E-state index >= 15 is 4.39 Å². The van der Waals surface area contributed by atoms with Gasteiger partial charge in [-0.2, -0.15) is 5.10 Å². The summed E-state index contributed by atoms with van der Waals surface area (Å²) in [6.45, 7) is 4.00. The summed E-state index contributed by atoms with van der Waals surface area (Å²) in [5.74, 6) is -0.389. The molecule has 158 valence electrons. The van der Waals surface area contributed by atoms with E-state index in [0.717, 1.165) is 22.2 Å². The van der Waals surface area contributed by atoms with Gasteiger partial charge in [-0.3, -0.25) is 0 Å². The van der Waals surface area contributed by atoms with Crippen molar-refractivity contribution in [3.05, 3.63) is 47.9 Å². The summed E-state index contributed by atoms with van der Waals surface area (Å²) in [4.78, 5) is 14.6. The number of carbonyl (C=O) groups is 1. The number of amides is 1. The van der Waals surface area contributed by atoms with Gasteiger partial charge < -0.3 is 24.4 Å². The van der Waals surface area contributed by atoms with Crippen LogP contribution in [-0.2, 0) is 4.74 Å². The highest BCUT2D eigenvalue weighted by molar-refractivity contribution is 5.84. The van der Waals surface area contributed by atoms with Crippen molar-refractivity contribution in [1.29, 1.82) is 0 Å². The normalized spacial score (nSPS) is 14.4. The number of fused-ring (bicyclic) bond motifs is 1. The predicted octanol–water partition coefficient (Wildman–Crippen LogP) is 3.26. The number of ether oxygens (including phenoxy) is 2. The number of aromatic nitrogens is 2. The number of benzene rings is 2. The van der Waals surface area contributed by atoms with Gasteiger partial charge in [0.15, 0.2) is 18.4 Å². The van der Waals surface area contributed by atoms with Crippen molar-refractivity contribution in [3.63, 3.8) is 0 Å². The Labute approximate surface area is 173 Å². The van der Waals surface area contributed by atoms with Gasteiger partial charge in [0, 0.05) is 44.4 Å². The van der Waals surface area contributed by atoms with Crippen molar-refractivity contribution in [2.75, 3.05) is 45.0 Å². The van der Waals surface area contributed by atoms with Gasteiger partial charge in [-0.25, -0.2) is 13.9 Å². The molecule has 0 unspecified atom stereocenters. The van der Waals surface area contributed by atoms with Crippen LogP contribution in [0.15, 0.2) is 36.5 Å². The van der Waals surface area contributed by atoms with Crippen LogP contribution in [0.4, 0.5) is 14.9 Å². The van der Waals surface area contributed by atoms with Crippen LogP contribution in [0.2, 0.25) is 0 Å². The Kier molecular flexibility index (Phi) is 5.45. The van der Waals surface area contributed by atoms with E-state index in [9.17, 15) is 4.79 Å². The summed E-state index contributed by atoms with van der Waals surface area (Å²) in [7, 11) is 1.48. The summed E-state index contributed by atoms with van der Waals surface area (Å²) in [5.41, 5.74) is 2.90. The minimum atomic E-state index is -0.889. The molecule has 0 bridgehead atoms. The third kappa shape index (κ3) is 3.76. The van der Waals surface area contributed by atoms with E-state index in [1.165, 1.54) is 12.0 Å². The molecular weight excluding hydrogens is 391 g/mol. The number of carboxylic acid groups (broad SMARTS) is 1. The molecule has 0 atom stereocenters. The van der Waals surface area contributed by atoms with E-state index in [0.29, 0.717) is 31.9 Å². The summed E-state index contributed by atoms with van der Waals surface area (Å²) in [5, 5.41) is 14.4. The zero-order valence-electron chi connectivity index (χ0n) is 16.8. The molecule has 4 rings (SSSR count). The van der Waals surface area contributed by atoms with Gasteiger partial charge in [-0.15, -0.1) is 0 Å². The third-order valence-electron chi connectivity index (χ3n) is 5.19. The lowest BCUT2D eigenvalue weighted by Crippen LogP contribution is -2.48. The van der Waals surface area contributed by atoms with Gasteiger partial charge in [-0.1, -0.05) is 0 Å². The zero-order valence-corrected chi connectivity index (χ0v) is 16.8. The Morgan fingerprint density at radius 2 is 1.97 bits per heavy atom. The Hall–Kier alpha value is -3.33. The summed E-state index contributed by atoms with van der Waals surface area (Å²) < 4.78 is 26.8. The highest BCUT2D eigenvalue weighted by Gasteiger charge is 2.21. The second kappa shape index (κ2) is 8.19. The average molecular weight is 414 g/mol. The van der Waals surface area contributed by atoms with Crippen LogP contribution in [-0.4, -0.2) is 66.0 Å². The molecule has 0 radical (unpaired) electrons. The maximum atomic E-state index is 15.0. The lowest BCUT2D eigenvalue weighted by atomic mass is 10.1. The van der Waals surface area contributed by atoms with Crippen LogP contribution in [0.25, 0.3) is 16.6 Å². The van der Waals surface area contributed by atoms with Gasteiger partial charge >= 0.3 is 6.09 Å². The van der Waals surface area contributed by atoms with Crippen molar-refractivity contribution < 1.29 is 23.8 Å². The first kappa shape index (κ1) is 20.0. The first-order chi connectivity index (χ1) is 14.5. The first-order valence-electron chi connectivity index (χ1n) is 9.61. The number of aryl methyl sites for hydroxylation is 1. The molecule has 0 spiro atoms. The molecule has 1 aromatic heterocycles. The summed E-state index contributed by atoms with van der Waals surface area (Å²) in [6.07, 6.45) is 0.810. The number of rotatable bonds is 5. The maximum Gasteiger partial charge on any atom is 0.407 e. The fraction of sp³-hybridized carbons (Fsp3) is 0.333. The standard InChI is InChI=1S/C21H23FN4O4/c1-14-9-18(20(22)19(10-14)30-13-29-2)26-17-4-3-16(11-15(17)12-23-26)24-5-7-25(8-6-24)21(27)28/h3-4,9-12H,5-8,13H2,1-2H3,(H,27,28). The molecule has 9 heteroatoms. The smallest absolute Gasteiger partial charge is 0.407 e. The van der Waals surface area contributed by atoms with Gasteiger partial charge in [0.25, 0.3) is 0 Å². The first-order valence-corrected chi connectivity index (χ1v) is 9.61. The molecule has 2 heterocycles. The van der Waals surface area contributed by atoms with Crippen molar-refractivity contribution in [2.45, 2.75) is 6.92 Å². The van der Waals surface area contributed by atoms with E-state index < -0.39 is 11.9 Å². The molecule has 1 fully saturated rings. The number of hydrogen-bond donors (Lipinski definition) is 1. The number of nitrogens with zero attached hydrogens (tertiary/aromatic N) is 4. The van der Waals surface area contributed by atoms with Gasteiger partial charge in [-0.05, 0) is 42.8 Å². The summed E-state index contributed by atoms with van der Waals surface area (Å²) >= 11 is 0. The van der Waals surface area contributed by atoms with Crippen molar-refractivity contribution in [2.24, 2.45) is 0 Å². The third-order valence-corrected chi connectivity index (χ3v) is 5.19. The predicted molar refractivity (Wildman–Crippen MR) is 110 cm³/mol. The van der Waals surface area contributed by atoms with Crippen LogP contribution >= 0.6 is 0 Å². The minimum absolute atomic E-state index is 0.0435. The van der Waals surface area contributed by atoms with Crippen molar-refractivity contribution >= 4 is 22.7 Å². The van der Waals surface area contributed by atoms with Crippen LogP contribution in [0, 0.1) is 12.7 Å². The molecule has 1 aliphatic heterocycles.